The van der Waals surface area contributed by atoms with Gasteiger partial charge in [0, 0.05) is 10.8 Å². The van der Waals surface area contributed by atoms with Crippen molar-refractivity contribution in [1.82, 2.24) is 9.97 Å². The zero-order valence-corrected chi connectivity index (χ0v) is 12.6. The van der Waals surface area contributed by atoms with Gasteiger partial charge in [-0.2, -0.15) is 4.98 Å². The zero-order valence-electron chi connectivity index (χ0n) is 12.6. The average molecular weight is 341 g/mol. The van der Waals surface area contributed by atoms with Crippen LogP contribution in [0.2, 0.25) is 0 Å². The number of primary amides is 1. The smallest absolute Gasteiger partial charge is 0.409 e. The number of carbonyl (C=O) groups excluding carboxylic acids is 1. The fourth-order valence-corrected chi connectivity index (χ4v) is 2.26. The molecule has 0 fully saturated rings. The maximum Gasteiger partial charge on any atom is 0.409 e. The molecule has 1 amide bonds. The third-order valence-electron chi connectivity index (χ3n) is 3.26. The zero-order chi connectivity index (χ0) is 18.0. The minimum absolute atomic E-state index is 0.229. The van der Waals surface area contributed by atoms with Crippen molar-refractivity contribution in [2.75, 3.05) is 5.73 Å². The van der Waals surface area contributed by atoms with E-state index in [9.17, 15) is 14.9 Å². The quantitative estimate of drug-likeness (QED) is 0.541. The molecule has 0 aliphatic rings. The maximum absolute atomic E-state index is 11.2. The van der Waals surface area contributed by atoms with Crippen LogP contribution in [-0.2, 0) is 0 Å². The first-order valence-electron chi connectivity index (χ1n) is 6.89. The highest BCUT2D eigenvalue weighted by atomic mass is 16.6. The monoisotopic (exact) mass is 341 g/mol. The third-order valence-corrected chi connectivity index (χ3v) is 3.26. The number of ether oxygens (including phenoxy) is 2. The molecule has 0 saturated heterocycles. The molecule has 126 valence electrons. The van der Waals surface area contributed by atoms with Crippen LogP contribution in [0.15, 0.2) is 42.7 Å². The van der Waals surface area contributed by atoms with Crippen LogP contribution in [0.5, 0.6) is 17.4 Å². The van der Waals surface area contributed by atoms with Gasteiger partial charge in [-0.3, -0.25) is 10.1 Å². The van der Waals surface area contributed by atoms with E-state index < -0.39 is 16.7 Å². The highest BCUT2D eigenvalue weighted by Crippen LogP contribution is 2.38. The van der Waals surface area contributed by atoms with Crippen LogP contribution in [0, 0.1) is 10.1 Å². The van der Waals surface area contributed by atoms with E-state index in [2.05, 4.69) is 9.97 Å². The molecular formula is C15H11N5O5. The first-order chi connectivity index (χ1) is 12.0. The minimum atomic E-state index is -0.960. The molecule has 0 aliphatic heterocycles. The normalized spacial score (nSPS) is 10.4. The summed E-state index contributed by atoms with van der Waals surface area (Å²) >= 11 is 0. The summed E-state index contributed by atoms with van der Waals surface area (Å²) in [5.74, 6) is -0.125. The Kier molecular flexibility index (Phi) is 4.00. The molecule has 3 aromatic rings. The lowest BCUT2D eigenvalue weighted by Crippen LogP contribution is -2.16. The van der Waals surface area contributed by atoms with E-state index in [4.69, 9.17) is 20.9 Å². The molecule has 10 heteroatoms. The predicted molar refractivity (Wildman–Crippen MR) is 87.3 cm³/mol. The van der Waals surface area contributed by atoms with Crippen LogP contribution in [-0.4, -0.2) is 21.0 Å². The SMILES string of the molecule is NC(=O)Oc1ccc(Oc2ncnc(N)c2[N+](=O)[O-])c2ccccc12. The average Bonchev–Trinajstić information content (AvgIpc) is 2.56. The summed E-state index contributed by atoms with van der Waals surface area (Å²) in [6, 6.07) is 9.76. The Morgan fingerprint density at radius 3 is 2.36 bits per heavy atom. The second-order valence-corrected chi connectivity index (χ2v) is 4.80. The van der Waals surface area contributed by atoms with Gasteiger partial charge in [-0.05, 0) is 12.1 Å². The topological polar surface area (TPSA) is 156 Å². The number of benzene rings is 2. The molecule has 2 aromatic carbocycles. The van der Waals surface area contributed by atoms with Crippen molar-refractivity contribution in [2.24, 2.45) is 5.73 Å². The number of anilines is 1. The van der Waals surface area contributed by atoms with Crippen molar-refractivity contribution in [3.63, 3.8) is 0 Å². The van der Waals surface area contributed by atoms with Crippen molar-refractivity contribution in [1.29, 1.82) is 0 Å². The molecule has 25 heavy (non-hydrogen) atoms. The third kappa shape index (κ3) is 3.08. The highest BCUT2D eigenvalue weighted by molar-refractivity contribution is 5.94. The van der Waals surface area contributed by atoms with Gasteiger partial charge in [-0.1, -0.05) is 24.3 Å². The molecule has 1 heterocycles. The molecule has 3 rings (SSSR count). The number of nitrogens with two attached hydrogens (primary N) is 2. The van der Waals surface area contributed by atoms with Crippen LogP contribution < -0.4 is 20.9 Å². The molecule has 0 aliphatic carbocycles. The summed E-state index contributed by atoms with van der Waals surface area (Å²) in [5.41, 5.74) is 10.0. The number of hydrogen-bond acceptors (Lipinski definition) is 8. The van der Waals surface area contributed by atoms with Gasteiger partial charge < -0.3 is 20.9 Å². The lowest BCUT2D eigenvalue weighted by atomic mass is 10.1. The van der Waals surface area contributed by atoms with Crippen molar-refractivity contribution >= 4 is 28.4 Å². The Bertz CT molecular complexity index is 991. The number of nitrogen functional groups attached to an aromatic ring is 1. The van der Waals surface area contributed by atoms with E-state index in [1.807, 2.05) is 0 Å². The van der Waals surface area contributed by atoms with E-state index >= 15 is 0 Å². The summed E-state index contributed by atoms with van der Waals surface area (Å²) in [7, 11) is 0. The number of rotatable bonds is 4. The van der Waals surface area contributed by atoms with Gasteiger partial charge in [0.05, 0.1) is 4.92 Å². The molecule has 0 atom stereocenters. The van der Waals surface area contributed by atoms with E-state index in [0.717, 1.165) is 6.33 Å². The van der Waals surface area contributed by atoms with Gasteiger partial charge in [-0.15, -0.1) is 0 Å². The summed E-state index contributed by atoms with van der Waals surface area (Å²) in [6.07, 6.45) is 0.0998. The van der Waals surface area contributed by atoms with E-state index in [1.54, 1.807) is 24.3 Å². The van der Waals surface area contributed by atoms with E-state index in [1.165, 1.54) is 12.1 Å². The van der Waals surface area contributed by atoms with Gasteiger partial charge >= 0.3 is 17.7 Å². The van der Waals surface area contributed by atoms with Gasteiger partial charge in [-0.25, -0.2) is 9.78 Å². The van der Waals surface area contributed by atoms with Gasteiger partial charge in [0.15, 0.2) is 0 Å². The molecular weight excluding hydrogens is 330 g/mol. The minimum Gasteiger partial charge on any atom is -0.433 e. The van der Waals surface area contributed by atoms with Gasteiger partial charge in [0.25, 0.3) is 0 Å². The summed E-state index contributed by atoms with van der Waals surface area (Å²) in [6.45, 7) is 0. The Hall–Kier alpha value is -3.95. The van der Waals surface area contributed by atoms with Crippen LogP contribution in [0.4, 0.5) is 16.3 Å². The summed E-state index contributed by atoms with van der Waals surface area (Å²) in [5, 5.41) is 12.2. The Morgan fingerprint density at radius 2 is 1.72 bits per heavy atom. The summed E-state index contributed by atoms with van der Waals surface area (Å²) in [4.78, 5) is 28.8. The Balaban J connectivity index is 2.11. The lowest BCUT2D eigenvalue weighted by Gasteiger charge is -2.11. The van der Waals surface area contributed by atoms with Crippen molar-refractivity contribution in [3.05, 3.63) is 52.8 Å². The predicted octanol–water partition coefficient (Wildman–Crippen LogP) is 2.37. The number of amides is 1. The van der Waals surface area contributed by atoms with E-state index in [0.29, 0.717) is 10.8 Å². The highest BCUT2D eigenvalue weighted by Gasteiger charge is 2.24. The molecule has 4 N–H and O–H groups in total. The molecule has 10 nitrogen and oxygen atoms in total. The largest absolute Gasteiger partial charge is 0.433 e. The molecule has 0 radical (unpaired) electrons. The second kappa shape index (κ2) is 6.28. The number of aromatic nitrogens is 2. The van der Waals surface area contributed by atoms with Crippen LogP contribution in [0.25, 0.3) is 10.8 Å². The fraction of sp³-hybridized carbons (Fsp3) is 0. The summed E-state index contributed by atoms with van der Waals surface area (Å²) < 4.78 is 10.5. The van der Waals surface area contributed by atoms with Gasteiger partial charge in [0.1, 0.15) is 17.8 Å². The Labute approximate surface area is 140 Å². The molecule has 0 spiro atoms. The number of fused-ring (bicyclic) bond motifs is 1. The van der Waals surface area contributed by atoms with Crippen molar-refractivity contribution in [3.8, 4) is 17.4 Å². The van der Waals surface area contributed by atoms with Crippen LogP contribution in [0.1, 0.15) is 0 Å². The van der Waals surface area contributed by atoms with Crippen LogP contribution >= 0.6 is 0 Å². The maximum atomic E-state index is 11.2. The molecule has 1 aromatic heterocycles. The van der Waals surface area contributed by atoms with Crippen LogP contribution in [0.3, 0.4) is 0 Å². The van der Waals surface area contributed by atoms with Crippen molar-refractivity contribution in [2.45, 2.75) is 0 Å². The lowest BCUT2D eigenvalue weighted by molar-refractivity contribution is -0.385. The first-order valence-corrected chi connectivity index (χ1v) is 6.89. The fourth-order valence-electron chi connectivity index (χ4n) is 2.26. The molecule has 0 unspecified atom stereocenters. The first kappa shape index (κ1) is 15.9. The van der Waals surface area contributed by atoms with Crippen molar-refractivity contribution < 1.29 is 19.2 Å². The number of hydrogen-bond donors (Lipinski definition) is 2. The molecule has 0 bridgehead atoms. The number of nitro groups is 1. The Morgan fingerprint density at radius 1 is 1.08 bits per heavy atom. The number of nitrogens with zero attached hydrogens (tertiary/aromatic N) is 3. The second-order valence-electron chi connectivity index (χ2n) is 4.80. The molecule has 0 saturated carbocycles. The van der Waals surface area contributed by atoms with Gasteiger partial charge in [0.2, 0.25) is 5.82 Å². The standard InChI is InChI=1S/C15H11N5O5/c16-13-12(20(22)23)14(19-7-18-13)24-10-5-6-11(25-15(17)21)9-4-2-1-3-8(9)10/h1-7H,(H2,17,21)(H2,16,18,19). The van der Waals surface area contributed by atoms with E-state index in [-0.39, 0.29) is 23.2 Å². The number of carbonyl (C=O) groups is 1.